The molecule has 0 aliphatic heterocycles. The molecule has 0 radical (unpaired) electrons. The maximum absolute atomic E-state index is 11.0. The van der Waals surface area contributed by atoms with Gasteiger partial charge in [-0.1, -0.05) is 13.8 Å². The van der Waals surface area contributed by atoms with Crippen LogP contribution in [-0.2, 0) is 0 Å². The third-order valence-electron chi connectivity index (χ3n) is 3.12. The van der Waals surface area contributed by atoms with Crippen LogP contribution in [0.5, 0.6) is 0 Å². The van der Waals surface area contributed by atoms with Gasteiger partial charge in [0.15, 0.2) is 0 Å². The molecule has 0 aliphatic rings. The molecule has 0 amide bonds. The van der Waals surface area contributed by atoms with E-state index in [1.165, 1.54) is 6.07 Å². The third-order valence-corrected chi connectivity index (χ3v) is 3.12. The lowest BCUT2D eigenvalue weighted by atomic mass is 9.93. The maximum Gasteiger partial charge on any atom is 0.291 e. The number of nitrogens with zero attached hydrogens (tertiary/aromatic N) is 2. The van der Waals surface area contributed by atoms with Crippen molar-refractivity contribution >= 4 is 5.69 Å². The second kappa shape index (κ2) is 7.06. The van der Waals surface area contributed by atoms with E-state index < -0.39 is 0 Å². The first-order valence-electron chi connectivity index (χ1n) is 6.44. The number of nitrogens with one attached hydrogen (secondary N) is 1. The van der Waals surface area contributed by atoms with E-state index in [1.807, 2.05) is 6.92 Å². The molecule has 18 heavy (non-hydrogen) atoms. The van der Waals surface area contributed by atoms with Crippen molar-refractivity contribution in [1.29, 1.82) is 0 Å². The molecule has 0 fully saturated rings. The summed E-state index contributed by atoms with van der Waals surface area (Å²) in [7, 11) is 0. The molecule has 0 aromatic carbocycles. The Bertz CT molecular complexity index is 396. The van der Waals surface area contributed by atoms with Crippen LogP contribution in [0.15, 0.2) is 18.3 Å². The molecule has 1 aromatic heterocycles. The van der Waals surface area contributed by atoms with Gasteiger partial charge >= 0.3 is 0 Å². The summed E-state index contributed by atoms with van der Waals surface area (Å²) >= 11 is 0. The Balaban J connectivity index is 2.97. The third kappa shape index (κ3) is 3.50. The zero-order chi connectivity index (χ0) is 13.5. The van der Waals surface area contributed by atoms with Gasteiger partial charge in [-0.25, -0.2) is 0 Å². The minimum absolute atomic E-state index is 0.0677. The standard InChI is InChI=1S/C13H21N3O2/c1-4-8-14-10(3)11(5-2)13-12(16(17)18)7-6-9-15-13/h6-7,9-11,14H,4-5,8H2,1-3H3. The first kappa shape index (κ1) is 14.6. The number of hydrogen-bond acceptors (Lipinski definition) is 4. The van der Waals surface area contributed by atoms with Crippen LogP contribution in [0.25, 0.3) is 0 Å². The molecule has 2 unspecified atom stereocenters. The summed E-state index contributed by atoms with van der Waals surface area (Å²) in [5.74, 6) is 0.0677. The molecule has 0 saturated carbocycles. The quantitative estimate of drug-likeness (QED) is 0.597. The Morgan fingerprint density at radius 3 is 2.78 bits per heavy atom. The highest BCUT2D eigenvalue weighted by atomic mass is 16.6. The van der Waals surface area contributed by atoms with Gasteiger partial charge in [0.05, 0.1) is 4.92 Å². The van der Waals surface area contributed by atoms with Crippen molar-refractivity contribution < 1.29 is 4.92 Å². The normalized spacial score (nSPS) is 14.2. The summed E-state index contributed by atoms with van der Waals surface area (Å²) in [6, 6.07) is 3.32. The molecule has 1 N–H and O–H groups in total. The fraction of sp³-hybridized carbons (Fsp3) is 0.615. The van der Waals surface area contributed by atoms with Gasteiger partial charge in [0.1, 0.15) is 5.69 Å². The fourth-order valence-corrected chi connectivity index (χ4v) is 2.15. The smallest absolute Gasteiger partial charge is 0.291 e. The topological polar surface area (TPSA) is 68.1 Å². The van der Waals surface area contributed by atoms with Crippen molar-refractivity contribution in [3.05, 3.63) is 34.1 Å². The molecule has 100 valence electrons. The van der Waals surface area contributed by atoms with Gasteiger partial charge in [-0.2, -0.15) is 0 Å². The summed E-state index contributed by atoms with van der Waals surface area (Å²) < 4.78 is 0. The van der Waals surface area contributed by atoms with Crippen molar-refractivity contribution in [3.63, 3.8) is 0 Å². The number of pyridine rings is 1. The highest BCUT2D eigenvalue weighted by molar-refractivity contribution is 5.37. The first-order valence-corrected chi connectivity index (χ1v) is 6.44. The van der Waals surface area contributed by atoms with Gasteiger partial charge < -0.3 is 5.32 Å². The molecule has 1 rings (SSSR count). The highest BCUT2D eigenvalue weighted by Gasteiger charge is 2.26. The molecule has 5 nitrogen and oxygen atoms in total. The van der Waals surface area contributed by atoms with Gasteiger partial charge in [0.2, 0.25) is 0 Å². The molecular weight excluding hydrogens is 230 g/mol. The Morgan fingerprint density at radius 2 is 2.22 bits per heavy atom. The molecule has 2 atom stereocenters. The average Bonchev–Trinajstić information content (AvgIpc) is 2.37. The van der Waals surface area contributed by atoms with Crippen molar-refractivity contribution in [2.24, 2.45) is 0 Å². The van der Waals surface area contributed by atoms with E-state index in [0.717, 1.165) is 19.4 Å². The van der Waals surface area contributed by atoms with Crippen LogP contribution < -0.4 is 5.32 Å². The summed E-state index contributed by atoms with van der Waals surface area (Å²) in [6.07, 6.45) is 3.50. The summed E-state index contributed by atoms with van der Waals surface area (Å²) in [5, 5.41) is 14.4. The predicted molar refractivity (Wildman–Crippen MR) is 71.7 cm³/mol. The van der Waals surface area contributed by atoms with E-state index in [1.54, 1.807) is 12.3 Å². The molecule has 0 spiro atoms. The van der Waals surface area contributed by atoms with Crippen molar-refractivity contribution in [3.8, 4) is 0 Å². The van der Waals surface area contributed by atoms with Crippen LogP contribution in [0.4, 0.5) is 5.69 Å². The molecule has 5 heteroatoms. The van der Waals surface area contributed by atoms with Gasteiger partial charge in [0.25, 0.3) is 5.69 Å². The van der Waals surface area contributed by atoms with E-state index in [4.69, 9.17) is 0 Å². The SMILES string of the molecule is CCCNC(C)C(CC)c1ncccc1[N+](=O)[O-]. The van der Waals surface area contributed by atoms with Crippen LogP contribution >= 0.6 is 0 Å². The van der Waals surface area contributed by atoms with Crippen LogP contribution in [0.1, 0.15) is 45.2 Å². The van der Waals surface area contributed by atoms with Crippen molar-refractivity contribution in [1.82, 2.24) is 10.3 Å². The summed E-state index contributed by atoms with van der Waals surface area (Å²) in [6.45, 7) is 7.11. The Hall–Kier alpha value is -1.49. The van der Waals surface area contributed by atoms with Crippen molar-refractivity contribution in [2.75, 3.05) is 6.54 Å². The molecule has 1 aromatic rings. The Labute approximate surface area is 108 Å². The lowest BCUT2D eigenvalue weighted by Gasteiger charge is -2.23. The molecule has 0 aliphatic carbocycles. The van der Waals surface area contributed by atoms with Gasteiger partial charge in [-0.3, -0.25) is 15.1 Å². The second-order valence-electron chi connectivity index (χ2n) is 4.42. The monoisotopic (exact) mass is 251 g/mol. The summed E-state index contributed by atoms with van der Waals surface area (Å²) in [5.41, 5.74) is 0.704. The lowest BCUT2D eigenvalue weighted by Crippen LogP contribution is -2.33. The van der Waals surface area contributed by atoms with Gasteiger partial charge in [0, 0.05) is 24.2 Å². The van der Waals surface area contributed by atoms with E-state index in [0.29, 0.717) is 5.69 Å². The van der Waals surface area contributed by atoms with E-state index in [2.05, 4.69) is 24.1 Å². The number of nitro groups is 1. The van der Waals surface area contributed by atoms with Crippen LogP contribution in [-0.4, -0.2) is 22.5 Å². The minimum Gasteiger partial charge on any atom is -0.314 e. The zero-order valence-corrected chi connectivity index (χ0v) is 11.2. The number of rotatable bonds is 7. The largest absolute Gasteiger partial charge is 0.314 e. The number of hydrogen-bond donors (Lipinski definition) is 1. The fourth-order valence-electron chi connectivity index (χ4n) is 2.15. The molecule has 0 saturated heterocycles. The first-order chi connectivity index (χ1) is 8.61. The molecule has 1 heterocycles. The molecule has 0 bridgehead atoms. The van der Waals surface area contributed by atoms with Crippen LogP contribution in [0.3, 0.4) is 0 Å². The van der Waals surface area contributed by atoms with Gasteiger partial charge in [-0.15, -0.1) is 0 Å². The Kier molecular flexibility index (Phi) is 5.71. The van der Waals surface area contributed by atoms with Crippen molar-refractivity contribution in [2.45, 2.75) is 45.6 Å². The van der Waals surface area contributed by atoms with E-state index in [-0.39, 0.29) is 22.6 Å². The molecular formula is C13H21N3O2. The van der Waals surface area contributed by atoms with Crippen LogP contribution in [0.2, 0.25) is 0 Å². The van der Waals surface area contributed by atoms with E-state index >= 15 is 0 Å². The predicted octanol–water partition coefficient (Wildman–Crippen LogP) is 2.87. The zero-order valence-electron chi connectivity index (χ0n) is 11.2. The maximum atomic E-state index is 11.0. The highest BCUT2D eigenvalue weighted by Crippen LogP contribution is 2.29. The van der Waals surface area contributed by atoms with E-state index in [9.17, 15) is 10.1 Å². The van der Waals surface area contributed by atoms with Gasteiger partial charge in [-0.05, 0) is 32.4 Å². The minimum atomic E-state index is -0.350. The lowest BCUT2D eigenvalue weighted by molar-refractivity contribution is -0.386. The summed E-state index contributed by atoms with van der Waals surface area (Å²) in [4.78, 5) is 14.9. The Morgan fingerprint density at radius 1 is 1.50 bits per heavy atom. The van der Waals surface area contributed by atoms with Crippen LogP contribution in [0, 0.1) is 10.1 Å². The second-order valence-corrected chi connectivity index (χ2v) is 4.42. The average molecular weight is 251 g/mol. The number of aromatic nitrogens is 1.